The van der Waals surface area contributed by atoms with E-state index in [1.807, 2.05) is 0 Å². The van der Waals surface area contributed by atoms with Crippen LogP contribution in [0, 0.1) is 5.82 Å². The van der Waals surface area contributed by atoms with Crippen LogP contribution >= 0.6 is 11.3 Å². The minimum absolute atomic E-state index is 0.0345. The van der Waals surface area contributed by atoms with Gasteiger partial charge >= 0.3 is 5.97 Å². The van der Waals surface area contributed by atoms with E-state index in [2.05, 4.69) is 9.97 Å². The zero-order valence-corrected chi connectivity index (χ0v) is 12.6. The number of aromatic nitrogens is 2. The Morgan fingerprint density at radius 3 is 2.52 bits per heavy atom. The van der Waals surface area contributed by atoms with Crippen LogP contribution in [0.3, 0.4) is 0 Å². The van der Waals surface area contributed by atoms with Gasteiger partial charge in [-0.3, -0.25) is 0 Å². The molecular weight excluding hydrogens is 331 g/mol. The number of carbonyl (C=O) groups is 1. The molecule has 5 nitrogen and oxygen atoms in total. The number of halogens is 3. The number of nitrogens with zero attached hydrogens (tertiary/aromatic N) is 3. The molecule has 0 amide bonds. The highest BCUT2D eigenvalue weighted by Crippen LogP contribution is 2.32. The first-order valence-corrected chi connectivity index (χ1v) is 7.65. The van der Waals surface area contributed by atoms with E-state index in [1.54, 1.807) is 0 Å². The quantitative estimate of drug-likeness (QED) is 0.926. The van der Waals surface area contributed by atoms with Gasteiger partial charge < -0.3 is 10.0 Å². The predicted octanol–water partition coefficient (Wildman–Crippen LogP) is 3.28. The molecule has 2 aromatic rings. The first kappa shape index (κ1) is 15.7. The summed E-state index contributed by atoms with van der Waals surface area (Å²) in [6.07, 6.45) is 2.08. The maximum atomic E-state index is 14.3. The molecule has 2 aromatic heterocycles. The van der Waals surface area contributed by atoms with Gasteiger partial charge in [-0.15, -0.1) is 11.3 Å². The van der Waals surface area contributed by atoms with Crippen molar-refractivity contribution < 1.29 is 23.1 Å². The number of pyridine rings is 1. The van der Waals surface area contributed by atoms with Crippen LogP contribution in [0.2, 0.25) is 0 Å². The molecule has 23 heavy (non-hydrogen) atoms. The van der Waals surface area contributed by atoms with Crippen molar-refractivity contribution in [3.63, 3.8) is 0 Å². The molecule has 0 radical (unpaired) electrons. The molecule has 3 heterocycles. The molecule has 0 bridgehead atoms. The van der Waals surface area contributed by atoms with Crippen molar-refractivity contribution in [2.24, 2.45) is 0 Å². The van der Waals surface area contributed by atoms with Crippen LogP contribution in [0.15, 0.2) is 18.5 Å². The molecule has 0 unspecified atom stereocenters. The van der Waals surface area contributed by atoms with Crippen molar-refractivity contribution in [3.05, 3.63) is 29.3 Å². The summed E-state index contributed by atoms with van der Waals surface area (Å²) in [6, 6.07) is 1.22. The zero-order chi connectivity index (χ0) is 16.6. The summed E-state index contributed by atoms with van der Waals surface area (Å²) in [5, 5.41) is 8.75. The first-order valence-electron chi connectivity index (χ1n) is 6.83. The topological polar surface area (TPSA) is 66.3 Å². The number of carboxylic acid groups (broad SMARTS) is 1. The van der Waals surface area contributed by atoms with E-state index >= 15 is 0 Å². The molecule has 0 saturated carbocycles. The molecule has 1 saturated heterocycles. The van der Waals surface area contributed by atoms with Crippen molar-refractivity contribution in [1.29, 1.82) is 0 Å². The summed E-state index contributed by atoms with van der Waals surface area (Å²) >= 11 is 0.914. The number of piperidine rings is 1. The number of alkyl halides is 2. The van der Waals surface area contributed by atoms with Gasteiger partial charge in [0.2, 0.25) is 5.01 Å². The van der Waals surface area contributed by atoms with Crippen molar-refractivity contribution >= 4 is 23.1 Å². The number of thiazole rings is 1. The Labute approximate surface area is 133 Å². The Balaban J connectivity index is 1.82. The fourth-order valence-corrected chi connectivity index (χ4v) is 3.09. The molecular formula is C14H12F3N3O2S. The van der Waals surface area contributed by atoms with Gasteiger partial charge in [-0.05, 0) is 6.07 Å². The van der Waals surface area contributed by atoms with Crippen LogP contribution < -0.4 is 4.90 Å². The maximum Gasteiger partial charge on any atom is 0.365 e. The SMILES string of the molecule is O=C(O)c1ncc(-c2cnc(N3CCC(F)(F)CC3)c(F)c2)s1. The highest BCUT2D eigenvalue weighted by atomic mass is 32.1. The monoisotopic (exact) mass is 343 g/mol. The van der Waals surface area contributed by atoms with E-state index < -0.39 is 17.7 Å². The summed E-state index contributed by atoms with van der Waals surface area (Å²) in [4.78, 5) is 20.5. The van der Waals surface area contributed by atoms with Crippen molar-refractivity contribution in [1.82, 2.24) is 9.97 Å². The van der Waals surface area contributed by atoms with Crippen LogP contribution in [0.4, 0.5) is 19.0 Å². The lowest BCUT2D eigenvalue weighted by Gasteiger charge is -2.32. The second-order valence-corrected chi connectivity index (χ2v) is 6.24. The van der Waals surface area contributed by atoms with E-state index in [1.165, 1.54) is 23.4 Å². The van der Waals surface area contributed by atoms with E-state index in [9.17, 15) is 18.0 Å². The number of carboxylic acids is 1. The molecule has 3 rings (SSSR count). The third kappa shape index (κ3) is 3.29. The van der Waals surface area contributed by atoms with Gasteiger partial charge in [0, 0.05) is 43.9 Å². The Hall–Kier alpha value is -2.16. The highest BCUT2D eigenvalue weighted by Gasteiger charge is 2.35. The average Bonchev–Trinajstić information content (AvgIpc) is 2.98. The lowest BCUT2D eigenvalue weighted by atomic mass is 10.1. The van der Waals surface area contributed by atoms with Crippen molar-refractivity contribution in [2.75, 3.05) is 18.0 Å². The molecule has 1 fully saturated rings. The van der Waals surface area contributed by atoms with Gasteiger partial charge in [-0.2, -0.15) is 0 Å². The zero-order valence-electron chi connectivity index (χ0n) is 11.8. The second kappa shape index (κ2) is 5.80. The number of hydrogen-bond acceptors (Lipinski definition) is 5. The smallest absolute Gasteiger partial charge is 0.365 e. The minimum Gasteiger partial charge on any atom is -0.476 e. The van der Waals surface area contributed by atoms with Gasteiger partial charge in [-0.1, -0.05) is 0 Å². The maximum absolute atomic E-state index is 14.3. The second-order valence-electron chi connectivity index (χ2n) is 5.21. The fraction of sp³-hybridized carbons (Fsp3) is 0.357. The molecule has 0 atom stereocenters. The van der Waals surface area contributed by atoms with Gasteiger partial charge in [0.25, 0.3) is 5.92 Å². The Kier molecular flexibility index (Phi) is 3.97. The van der Waals surface area contributed by atoms with Gasteiger partial charge in [0.15, 0.2) is 11.6 Å². The first-order chi connectivity index (χ1) is 10.9. The molecule has 122 valence electrons. The fourth-order valence-electron chi connectivity index (χ4n) is 2.35. The number of anilines is 1. The summed E-state index contributed by atoms with van der Waals surface area (Å²) in [5.41, 5.74) is 0.401. The standard InChI is InChI=1S/C14H12F3N3O2S/c15-9-5-8(10-7-19-12(23-10)13(21)22)6-18-11(9)20-3-1-14(16,17)2-4-20/h5-7H,1-4H2,(H,21,22). The van der Waals surface area contributed by atoms with Crippen LogP contribution in [-0.4, -0.2) is 40.1 Å². The van der Waals surface area contributed by atoms with Crippen LogP contribution in [0.5, 0.6) is 0 Å². The number of rotatable bonds is 3. The Morgan fingerprint density at radius 1 is 1.26 bits per heavy atom. The molecule has 1 aliphatic rings. The Bertz CT molecular complexity index is 741. The van der Waals surface area contributed by atoms with E-state index in [-0.39, 0.29) is 36.8 Å². The van der Waals surface area contributed by atoms with E-state index in [0.717, 1.165) is 11.3 Å². The minimum atomic E-state index is -2.71. The molecule has 1 aliphatic heterocycles. The van der Waals surface area contributed by atoms with Crippen LogP contribution in [-0.2, 0) is 0 Å². The lowest BCUT2D eigenvalue weighted by Crippen LogP contribution is -2.40. The summed E-state index contributed by atoms with van der Waals surface area (Å²) in [6.45, 7) is 0.0833. The van der Waals surface area contributed by atoms with Gasteiger partial charge in [-0.25, -0.2) is 27.9 Å². The molecule has 9 heteroatoms. The summed E-state index contributed by atoms with van der Waals surface area (Å²) in [7, 11) is 0. The predicted molar refractivity (Wildman–Crippen MR) is 78.7 cm³/mol. The van der Waals surface area contributed by atoms with Crippen LogP contribution in [0.25, 0.3) is 10.4 Å². The van der Waals surface area contributed by atoms with Crippen molar-refractivity contribution in [2.45, 2.75) is 18.8 Å². The summed E-state index contributed by atoms with van der Waals surface area (Å²) < 4.78 is 40.6. The third-order valence-corrected chi connectivity index (χ3v) is 4.62. The lowest BCUT2D eigenvalue weighted by molar-refractivity contribution is -0.0222. The van der Waals surface area contributed by atoms with Gasteiger partial charge in [0.1, 0.15) is 0 Å². The van der Waals surface area contributed by atoms with Crippen LogP contribution in [0.1, 0.15) is 22.6 Å². The highest BCUT2D eigenvalue weighted by molar-refractivity contribution is 7.16. The van der Waals surface area contributed by atoms with Crippen molar-refractivity contribution in [3.8, 4) is 10.4 Å². The molecule has 0 aliphatic carbocycles. The van der Waals surface area contributed by atoms with Gasteiger partial charge in [0.05, 0.1) is 4.88 Å². The number of hydrogen-bond donors (Lipinski definition) is 1. The molecule has 0 aromatic carbocycles. The Morgan fingerprint density at radius 2 is 1.96 bits per heavy atom. The normalized spacial score (nSPS) is 17.3. The van der Waals surface area contributed by atoms with E-state index in [4.69, 9.17) is 5.11 Å². The van der Waals surface area contributed by atoms with E-state index in [0.29, 0.717) is 10.4 Å². The number of aromatic carboxylic acids is 1. The molecule has 1 N–H and O–H groups in total. The third-order valence-electron chi connectivity index (χ3n) is 3.59. The molecule has 0 spiro atoms. The largest absolute Gasteiger partial charge is 0.476 e. The average molecular weight is 343 g/mol. The summed E-state index contributed by atoms with van der Waals surface area (Å²) in [5.74, 6) is -4.45.